The Labute approximate surface area is 126 Å². The minimum atomic E-state index is -0.530. The molecule has 0 saturated carbocycles. The van der Waals surface area contributed by atoms with E-state index in [2.05, 4.69) is 6.92 Å². The normalized spacial score (nSPS) is 20.0. The monoisotopic (exact) mass is 289 g/mol. The van der Waals surface area contributed by atoms with Crippen molar-refractivity contribution in [1.82, 2.24) is 4.90 Å². The number of nitrogens with zero attached hydrogens (tertiary/aromatic N) is 1. The van der Waals surface area contributed by atoms with Crippen molar-refractivity contribution in [1.29, 1.82) is 0 Å². The van der Waals surface area contributed by atoms with Crippen LogP contribution in [0, 0.1) is 5.92 Å². The van der Waals surface area contributed by atoms with Gasteiger partial charge in [-0.1, -0.05) is 19.1 Å². The number of amides is 1. The first-order valence-electron chi connectivity index (χ1n) is 7.54. The lowest BCUT2D eigenvalue weighted by molar-refractivity contribution is -0.139. The van der Waals surface area contributed by atoms with Crippen molar-refractivity contribution >= 4 is 11.7 Å². The molecule has 2 unspecified atom stereocenters. The summed E-state index contributed by atoms with van der Waals surface area (Å²) in [6.45, 7) is 7.07. The van der Waals surface area contributed by atoms with Crippen molar-refractivity contribution in [2.24, 2.45) is 5.92 Å². The van der Waals surface area contributed by atoms with Crippen LogP contribution in [0.2, 0.25) is 0 Å². The lowest BCUT2D eigenvalue weighted by atomic mass is 10.00. The topological polar surface area (TPSA) is 46.6 Å². The SMILES string of the molecule is CC(=O)c1cccc(OC(C)C(=O)N2CCCC(C)C2)c1. The zero-order valence-electron chi connectivity index (χ0n) is 13.0. The quantitative estimate of drug-likeness (QED) is 0.801. The van der Waals surface area contributed by atoms with Gasteiger partial charge in [0, 0.05) is 18.7 Å². The van der Waals surface area contributed by atoms with Gasteiger partial charge in [0.15, 0.2) is 11.9 Å². The van der Waals surface area contributed by atoms with Gasteiger partial charge in [-0.2, -0.15) is 0 Å². The number of benzene rings is 1. The van der Waals surface area contributed by atoms with Crippen molar-refractivity contribution in [2.45, 2.75) is 39.7 Å². The number of Topliss-reactive ketones (excluding diaryl/α,β-unsaturated/α-hetero) is 1. The highest BCUT2D eigenvalue weighted by Gasteiger charge is 2.26. The lowest BCUT2D eigenvalue weighted by Crippen LogP contribution is -2.45. The summed E-state index contributed by atoms with van der Waals surface area (Å²) in [4.78, 5) is 25.7. The van der Waals surface area contributed by atoms with E-state index in [0.717, 1.165) is 19.5 Å². The van der Waals surface area contributed by atoms with Gasteiger partial charge >= 0.3 is 0 Å². The number of piperidine rings is 1. The van der Waals surface area contributed by atoms with Crippen molar-refractivity contribution in [3.63, 3.8) is 0 Å². The van der Waals surface area contributed by atoms with E-state index >= 15 is 0 Å². The molecule has 1 fully saturated rings. The second-order valence-electron chi connectivity index (χ2n) is 5.88. The van der Waals surface area contributed by atoms with Gasteiger partial charge < -0.3 is 9.64 Å². The van der Waals surface area contributed by atoms with Crippen LogP contribution in [0.15, 0.2) is 24.3 Å². The maximum Gasteiger partial charge on any atom is 0.263 e. The van der Waals surface area contributed by atoms with Crippen LogP contribution < -0.4 is 4.74 Å². The van der Waals surface area contributed by atoms with Crippen LogP contribution in [0.25, 0.3) is 0 Å². The van der Waals surface area contributed by atoms with E-state index in [1.165, 1.54) is 13.3 Å². The fourth-order valence-electron chi connectivity index (χ4n) is 2.69. The zero-order valence-corrected chi connectivity index (χ0v) is 13.0. The number of rotatable bonds is 4. The van der Waals surface area contributed by atoms with Gasteiger partial charge in [0.1, 0.15) is 5.75 Å². The van der Waals surface area contributed by atoms with Crippen LogP contribution in [-0.2, 0) is 4.79 Å². The molecule has 1 aromatic rings. The fourth-order valence-corrected chi connectivity index (χ4v) is 2.69. The number of ether oxygens (including phenoxy) is 1. The molecule has 0 spiro atoms. The smallest absolute Gasteiger partial charge is 0.263 e. The average Bonchev–Trinajstić information content (AvgIpc) is 2.46. The molecule has 1 amide bonds. The molecule has 1 aliphatic heterocycles. The highest BCUT2D eigenvalue weighted by molar-refractivity contribution is 5.94. The second-order valence-corrected chi connectivity index (χ2v) is 5.88. The van der Waals surface area contributed by atoms with Crippen LogP contribution in [0.4, 0.5) is 0 Å². The van der Waals surface area contributed by atoms with E-state index in [4.69, 9.17) is 4.74 Å². The van der Waals surface area contributed by atoms with E-state index in [1.54, 1.807) is 31.2 Å². The molecule has 0 aliphatic carbocycles. The zero-order chi connectivity index (χ0) is 15.4. The molecule has 2 atom stereocenters. The van der Waals surface area contributed by atoms with Crippen LogP contribution in [0.3, 0.4) is 0 Å². The van der Waals surface area contributed by atoms with Crippen LogP contribution in [0.1, 0.15) is 44.0 Å². The summed E-state index contributed by atoms with van der Waals surface area (Å²) in [6.07, 6.45) is 1.71. The summed E-state index contributed by atoms with van der Waals surface area (Å²) < 4.78 is 5.71. The summed E-state index contributed by atoms with van der Waals surface area (Å²) in [5.41, 5.74) is 0.596. The van der Waals surface area contributed by atoms with Crippen molar-refractivity contribution in [2.75, 3.05) is 13.1 Å². The van der Waals surface area contributed by atoms with Crippen LogP contribution in [0.5, 0.6) is 5.75 Å². The number of carbonyl (C=O) groups is 2. The third-order valence-corrected chi connectivity index (χ3v) is 3.87. The third-order valence-electron chi connectivity index (χ3n) is 3.87. The van der Waals surface area contributed by atoms with E-state index in [0.29, 0.717) is 17.2 Å². The molecule has 4 heteroatoms. The predicted molar refractivity (Wildman–Crippen MR) is 81.5 cm³/mol. The van der Waals surface area contributed by atoms with Gasteiger partial charge in [-0.3, -0.25) is 9.59 Å². The molecule has 0 bridgehead atoms. The first-order chi connectivity index (χ1) is 9.97. The minimum absolute atomic E-state index is 0.00992. The Morgan fingerprint density at radius 2 is 2.14 bits per heavy atom. The molecule has 0 aromatic heterocycles. The molecule has 2 rings (SSSR count). The van der Waals surface area contributed by atoms with Gasteiger partial charge in [0.05, 0.1) is 0 Å². The number of hydrogen-bond donors (Lipinski definition) is 0. The Morgan fingerprint density at radius 1 is 1.38 bits per heavy atom. The number of ketones is 1. The van der Waals surface area contributed by atoms with Gasteiger partial charge in [0.2, 0.25) is 0 Å². The van der Waals surface area contributed by atoms with Crippen molar-refractivity contribution in [3.8, 4) is 5.75 Å². The number of carbonyl (C=O) groups excluding carboxylic acids is 2. The highest BCUT2D eigenvalue weighted by Crippen LogP contribution is 2.19. The standard InChI is InChI=1S/C17H23NO3/c1-12-6-5-9-18(11-12)17(20)14(3)21-16-8-4-7-15(10-16)13(2)19/h4,7-8,10,12,14H,5-6,9,11H2,1-3H3. The van der Waals surface area contributed by atoms with Gasteiger partial charge in [-0.05, 0) is 44.7 Å². The molecular formula is C17H23NO3. The molecule has 0 radical (unpaired) electrons. The Bertz CT molecular complexity index is 527. The Balaban J connectivity index is 2.00. The van der Waals surface area contributed by atoms with Crippen molar-refractivity contribution < 1.29 is 14.3 Å². The maximum absolute atomic E-state index is 12.4. The van der Waals surface area contributed by atoms with Gasteiger partial charge in [0.25, 0.3) is 5.91 Å². The summed E-state index contributed by atoms with van der Waals surface area (Å²) >= 11 is 0. The number of likely N-dealkylation sites (tertiary alicyclic amines) is 1. The maximum atomic E-state index is 12.4. The second kappa shape index (κ2) is 6.74. The van der Waals surface area contributed by atoms with Crippen molar-refractivity contribution in [3.05, 3.63) is 29.8 Å². The van der Waals surface area contributed by atoms with Gasteiger partial charge in [-0.25, -0.2) is 0 Å². The summed E-state index contributed by atoms with van der Waals surface area (Å²) in [6, 6.07) is 6.97. The van der Waals surface area contributed by atoms with Crippen LogP contribution >= 0.6 is 0 Å². The Kier molecular flexibility index (Phi) is 4.99. The predicted octanol–water partition coefficient (Wildman–Crippen LogP) is 2.92. The Hall–Kier alpha value is -1.84. The first kappa shape index (κ1) is 15.5. The first-order valence-corrected chi connectivity index (χ1v) is 7.54. The lowest BCUT2D eigenvalue weighted by Gasteiger charge is -2.32. The summed E-state index contributed by atoms with van der Waals surface area (Å²) in [5.74, 6) is 1.13. The van der Waals surface area contributed by atoms with E-state index in [1.807, 2.05) is 4.90 Å². The molecule has 0 N–H and O–H groups in total. The van der Waals surface area contributed by atoms with Gasteiger partial charge in [-0.15, -0.1) is 0 Å². The molecule has 1 saturated heterocycles. The molecule has 21 heavy (non-hydrogen) atoms. The largest absolute Gasteiger partial charge is 0.481 e. The summed E-state index contributed by atoms with van der Waals surface area (Å²) in [7, 11) is 0. The fraction of sp³-hybridized carbons (Fsp3) is 0.529. The highest BCUT2D eigenvalue weighted by atomic mass is 16.5. The van der Waals surface area contributed by atoms with E-state index in [9.17, 15) is 9.59 Å². The Morgan fingerprint density at radius 3 is 2.81 bits per heavy atom. The molecule has 1 heterocycles. The minimum Gasteiger partial charge on any atom is -0.481 e. The average molecular weight is 289 g/mol. The van der Waals surface area contributed by atoms with Crippen LogP contribution in [-0.4, -0.2) is 35.8 Å². The molecule has 114 valence electrons. The number of hydrogen-bond acceptors (Lipinski definition) is 3. The molecule has 1 aromatic carbocycles. The van der Waals surface area contributed by atoms with E-state index < -0.39 is 6.10 Å². The molecule has 4 nitrogen and oxygen atoms in total. The molecule has 1 aliphatic rings. The van der Waals surface area contributed by atoms with E-state index in [-0.39, 0.29) is 11.7 Å². The third kappa shape index (κ3) is 4.06. The molecular weight excluding hydrogens is 266 g/mol. The summed E-state index contributed by atoms with van der Waals surface area (Å²) in [5, 5.41) is 0.